The molecule has 1 aromatic heterocycles. The van der Waals surface area contributed by atoms with Gasteiger partial charge in [-0.15, -0.1) is 0 Å². The van der Waals surface area contributed by atoms with Crippen molar-refractivity contribution in [2.75, 3.05) is 11.5 Å². The van der Waals surface area contributed by atoms with E-state index in [0.717, 1.165) is 34.2 Å². The minimum Gasteiger partial charge on any atom is -0.484 e. The average Bonchev–Trinajstić information content (AvgIpc) is 2.82. The van der Waals surface area contributed by atoms with Crippen molar-refractivity contribution >= 4 is 22.6 Å². The summed E-state index contributed by atoms with van der Waals surface area (Å²) in [7, 11) is 0. The van der Waals surface area contributed by atoms with Crippen molar-refractivity contribution in [1.29, 1.82) is 0 Å². The minimum atomic E-state index is -0.445. The molecule has 0 radical (unpaired) electrons. The zero-order chi connectivity index (χ0) is 25.7. The summed E-state index contributed by atoms with van der Waals surface area (Å²) < 4.78 is 11.3. The van der Waals surface area contributed by atoms with Crippen LogP contribution in [0.5, 0.6) is 5.75 Å². The van der Waals surface area contributed by atoms with Crippen LogP contribution >= 0.6 is 0 Å². The van der Waals surface area contributed by atoms with Crippen LogP contribution in [0.4, 0.5) is 5.69 Å². The molecule has 1 aliphatic rings. The number of benzene rings is 3. The van der Waals surface area contributed by atoms with Crippen LogP contribution in [0.3, 0.4) is 0 Å². The van der Waals surface area contributed by atoms with E-state index in [9.17, 15) is 9.59 Å². The van der Waals surface area contributed by atoms with E-state index < -0.39 is 11.2 Å². The molecule has 5 heteroatoms. The van der Waals surface area contributed by atoms with Gasteiger partial charge >= 0.3 is 5.63 Å². The van der Waals surface area contributed by atoms with Crippen molar-refractivity contribution < 1.29 is 13.9 Å². The highest BCUT2D eigenvalue weighted by Gasteiger charge is 2.47. The highest BCUT2D eigenvalue weighted by atomic mass is 16.5. The molecule has 0 spiro atoms. The molecule has 5 nitrogen and oxygen atoms in total. The van der Waals surface area contributed by atoms with Gasteiger partial charge in [0.15, 0.2) is 6.61 Å². The van der Waals surface area contributed by atoms with Crippen molar-refractivity contribution in [3.05, 3.63) is 105 Å². The topological polar surface area (TPSA) is 59.8 Å². The molecule has 0 fully saturated rings. The van der Waals surface area contributed by atoms with Crippen molar-refractivity contribution in [3.63, 3.8) is 0 Å². The molecule has 1 unspecified atom stereocenters. The van der Waals surface area contributed by atoms with Crippen molar-refractivity contribution in [1.82, 2.24) is 0 Å². The van der Waals surface area contributed by atoms with Crippen molar-refractivity contribution in [2.45, 2.75) is 52.0 Å². The number of amides is 1. The normalized spacial score (nSPS) is 18.6. The van der Waals surface area contributed by atoms with Crippen molar-refractivity contribution in [2.24, 2.45) is 0 Å². The Morgan fingerprint density at radius 2 is 1.72 bits per heavy atom. The van der Waals surface area contributed by atoms with Gasteiger partial charge in [-0.1, -0.05) is 49.4 Å². The number of anilines is 1. The van der Waals surface area contributed by atoms with Gasteiger partial charge in [0.1, 0.15) is 11.3 Å². The Hall–Kier alpha value is -3.86. The summed E-state index contributed by atoms with van der Waals surface area (Å²) >= 11 is 0. The summed E-state index contributed by atoms with van der Waals surface area (Å²) in [5, 5.41) is 0.843. The molecule has 3 aromatic carbocycles. The number of carbonyl (C=O) groups is 1. The maximum Gasteiger partial charge on any atom is 0.336 e. The van der Waals surface area contributed by atoms with Crippen LogP contribution in [0.25, 0.3) is 11.0 Å². The second-order valence-electron chi connectivity index (χ2n) is 10.6. The summed E-state index contributed by atoms with van der Waals surface area (Å²) in [5.74, 6) is 0.366. The Labute approximate surface area is 211 Å². The molecule has 5 rings (SSSR count). The molecule has 0 N–H and O–H groups in total. The molecule has 1 aliphatic heterocycles. The molecule has 36 heavy (non-hydrogen) atoms. The standard InChI is InChI=1S/C31H31NO4/c1-20-11-14-25-26(15-20)32(30(3,4)19-31(25,5)22-9-7-6-8-10-22)28(33)18-35-23-12-13-24-21(2)16-29(34)36-27(24)17-23/h6-17H,18-19H2,1-5H3. The summed E-state index contributed by atoms with van der Waals surface area (Å²) in [5.41, 5.74) is 4.59. The van der Waals surface area contributed by atoms with Crippen LogP contribution in [-0.4, -0.2) is 18.1 Å². The first-order valence-electron chi connectivity index (χ1n) is 12.3. The minimum absolute atomic E-state index is 0.118. The third kappa shape index (κ3) is 4.09. The number of hydrogen-bond donors (Lipinski definition) is 0. The van der Waals surface area contributed by atoms with Gasteiger partial charge in [0.25, 0.3) is 5.91 Å². The van der Waals surface area contributed by atoms with E-state index in [1.165, 1.54) is 11.6 Å². The Kier molecular flexibility index (Phi) is 5.74. The lowest BCUT2D eigenvalue weighted by molar-refractivity contribution is -0.121. The molecule has 1 atom stereocenters. The smallest absolute Gasteiger partial charge is 0.336 e. The first kappa shape index (κ1) is 23.9. The van der Waals surface area contributed by atoms with Gasteiger partial charge < -0.3 is 14.1 Å². The van der Waals surface area contributed by atoms with Crippen LogP contribution in [-0.2, 0) is 10.2 Å². The molecule has 0 aliphatic carbocycles. The zero-order valence-corrected chi connectivity index (χ0v) is 21.4. The first-order valence-corrected chi connectivity index (χ1v) is 12.3. The number of nitrogens with zero attached hydrogens (tertiary/aromatic N) is 1. The quantitative estimate of drug-likeness (QED) is 0.321. The van der Waals surface area contributed by atoms with E-state index in [1.54, 1.807) is 12.1 Å². The number of fused-ring (bicyclic) bond motifs is 2. The van der Waals surface area contributed by atoms with Gasteiger partial charge in [-0.3, -0.25) is 4.79 Å². The van der Waals surface area contributed by atoms with E-state index >= 15 is 0 Å². The van der Waals surface area contributed by atoms with E-state index in [-0.39, 0.29) is 17.9 Å². The Morgan fingerprint density at radius 1 is 0.972 bits per heavy atom. The number of hydrogen-bond acceptors (Lipinski definition) is 4. The van der Waals surface area contributed by atoms with Crippen LogP contribution in [0, 0.1) is 13.8 Å². The average molecular weight is 482 g/mol. The van der Waals surface area contributed by atoms with Crippen LogP contribution in [0.2, 0.25) is 0 Å². The molecule has 4 aromatic rings. The Balaban J connectivity index is 1.48. The molecular weight excluding hydrogens is 450 g/mol. The highest BCUT2D eigenvalue weighted by Crippen LogP contribution is 2.50. The van der Waals surface area contributed by atoms with Crippen LogP contribution in [0.15, 0.2) is 82.0 Å². The molecule has 0 saturated heterocycles. The number of ether oxygens (including phenoxy) is 1. The molecular formula is C31H31NO4. The van der Waals surface area contributed by atoms with Gasteiger partial charge in [-0.2, -0.15) is 0 Å². The third-order valence-electron chi connectivity index (χ3n) is 7.33. The fourth-order valence-corrected chi connectivity index (χ4v) is 5.80. The summed E-state index contributed by atoms with van der Waals surface area (Å²) in [6.07, 6.45) is 0.770. The SMILES string of the molecule is Cc1ccc2c(c1)N(C(=O)COc1ccc3c(C)cc(=O)oc3c1)C(C)(C)CC2(C)c1ccccc1. The lowest BCUT2D eigenvalue weighted by Crippen LogP contribution is -2.57. The second kappa shape index (κ2) is 8.66. The van der Waals surface area contributed by atoms with E-state index in [2.05, 4.69) is 63.2 Å². The predicted octanol–water partition coefficient (Wildman–Crippen LogP) is 6.31. The first-order chi connectivity index (χ1) is 17.1. The maximum atomic E-state index is 13.7. The summed E-state index contributed by atoms with van der Waals surface area (Å²) in [4.78, 5) is 27.4. The number of rotatable bonds is 4. The largest absolute Gasteiger partial charge is 0.484 e. The fourth-order valence-electron chi connectivity index (χ4n) is 5.80. The highest BCUT2D eigenvalue weighted by molar-refractivity contribution is 5.98. The fraction of sp³-hybridized carbons (Fsp3) is 0.290. The zero-order valence-electron chi connectivity index (χ0n) is 21.4. The lowest BCUT2D eigenvalue weighted by atomic mass is 9.65. The third-order valence-corrected chi connectivity index (χ3v) is 7.33. The molecule has 1 amide bonds. The molecule has 0 saturated carbocycles. The number of aryl methyl sites for hydroxylation is 2. The predicted molar refractivity (Wildman–Crippen MR) is 143 cm³/mol. The van der Waals surface area contributed by atoms with Gasteiger partial charge in [-0.25, -0.2) is 4.79 Å². The molecule has 184 valence electrons. The molecule has 2 heterocycles. The van der Waals surface area contributed by atoms with Gasteiger partial charge in [0, 0.05) is 34.2 Å². The van der Waals surface area contributed by atoms with Gasteiger partial charge in [0.05, 0.1) is 0 Å². The van der Waals surface area contributed by atoms with E-state index in [0.29, 0.717) is 11.3 Å². The van der Waals surface area contributed by atoms with Crippen LogP contribution in [0.1, 0.15) is 49.4 Å². The summed E-state index contributed by atoms with van der Waals surface area (Å²) in [6, 6.07) is 23.7. The van der Waals surface area contributed by atoms with Gasteiger partial charge in [0.2, 0.25) is 0 Å². The van der Waals surface area contributed by atoms with E-state index in [4.69, 9.17) is 9.15 Å². The summed E-state index contributed by atoms with van der Waals surface area (Å²) in [6.45, 7) is 10.3. The van der Waals surface area contributed by atoms with Gasteiger partial charge in [-0.05, 0) is 74.6 Å². The number of carbonyl (C=O) groups excluding carboxylic acids is 1. The second-order valence-corrected chi connectivity index (χ2v) is 10.6. The molecule has 0 bridgehead atoms. The lowest BCUT2D eigenvalue weighted by Gasteiger charge is -2.51. The van der Waals surface area contributed by atoms with Crippen molar-refractivity contribution in [3.8, 4) is 5.75 Å². The maximum absolute atomic E-state index is 13.7. The van der Waals surface area contributed by atoms with E-state index in [1.807, 2.05) is 30.9 Å². The Bertz CT molecular complexity index is 1520. The monoisotopic (exact) mass is 481 g/mol. The Morgan fingerprint density at radius 3 is 2.47 bits per heavy atom. The van der Waals surface area contributed by atoms with Crippen LogP contribution < -0.4 is 15.3 Å².